The van der Waals surface area contributed by atoms with Crippen molar-refractivity contribution in [3.8, 4) is 0 Å². The quantitative estimate of drug-likeness (QED) is 0.447. The third-order valence-electron chi connectivity index (χ3n) is 3.29. The maximum atomic E-state index is 12.4. The molecule has 0 spiro atoms. The Hall–Kier alpha value is -1.71. The first-order chi connectivity index (χ1) is 9.73. The third-order valence-corrected chi connectivity index (χ3v) is 5.11. The summed E-state index contributed by atoms with van der Waals surface area (Å²) < 4.78 is 26.1. The number of sulfonamides is 1. The number of hydrogen-bond donors (Lipinski definition) is 2. The molecule has 0 aliphatic rings. The minimum atomic E-state index is -3.70. The molecule has 0 radical (unpaired) electrons. The molecule has 0 saturated heterocycles. The van der Waals surface area contributed by atoms with Crippen molar-refractivity contribution in [1.82, 2.24) is 4.31 Å². The highest BCUT2D eigenvalue weighted by Crippen LogP contribution is 2.28. The van der Waals surface area contributed by atoms with Crippen molar-refractivity contribution in [3.05, 3.63) is 28.3 Å². The van der Waals surface area contributed by atoms with Crippen molar-refractivity contribution in [2.24, 2.45) is 11.8 Å². The molecule has 0 saturated carbocycles. The summed E-state index contributed by atoms with van der Waals surface area (Å²) in [6.45, 7) is 4.31. The van der Waals surface area contributed by atoms with Crippen molar-refractivity contribution in [3.63, 3.8) is 0 Å². The molecule has 1 unspecified atom stereocenters. The van der Waals surface area contributed by atoms with Crippen LogP contribution in [0, 0.1) is 16.0 Å². The molecule has 0 fully saturated rings. The van der Waals surface area contributed by atoms with Crippen LogP contribution in [0.5, 0.6) is 0 Å². The van der Waals surface area contributed by atoms with Crippen molar-refractivity contribution in [2.75, 3.05) is 19.0 Å². The number of nitrogen functional groups attached to an aromatic ring is 1. The number of anilines is 1. The predicted molar refractivity (Wildman–Crippen MR) is 80.2 cm³/mol. The van der Waals surface area contributed by atoms with Gasteiger partial charge in [0, 0.05) is 19.7 Å². The highest BCUT2D eigenvalue weighted by atomic mass is 32.2. The van der Waals surface area contributed by atoms with Crippen LogP contribution in [0.3, 0.4) is 0 Å². The number of nitrogens with one attached hydrogen (secondary N) is 1. The molecule has 3 N–H and O–H groups in total. The summed E-state index contributed by atoms with van der Waals surface area (Å²) in [6.07, 6.45) is 0.857. The third kappa shape index (κ3) is 3.90. The van der Waals surface area contributed by atoms with E-state index in [1.807, 2.05) is 13.8 Å². The molecule has 1 rings (SSSR count). The Morgan fingerprint density at radius 2 is 2.10 bits per heavy atom. The molecule has 9 heteroatoms. The largest absolute Gasteiger partial charge is 0.318 e. The molecule has 0 heterocycles. The Morgan fingerprint density at radius 3 is 2.57 bits per heavy atom. The van der Waals surface area contributed by atoms with E-state index < -0.39 is 14.9 Å². The normalized spacial score (nSPS) is 13.2. The zero-order chi connectivity index (χ0) is 16.2. The van der Waals surface area contributed by atoms with Crippen LogP contribution in [0.4, 0.5) is 11.4 Å². The van der Waals surface area contributed by atoms with Gasteiger partial charge in [0.15, 0.2) is 0 Å². The van der Waals surface area contributed by atoms with E-state index in [0.717, 1.165) is 12.5 Å². The van der Waals surface area contributed by atoms with Gasteiger partial charge in [0.05, 0.1) is 9.82 Å². The minimum Gasteiger partial charge on any atom is -0.318 e. The first-order valence-electron chi connectivity index (χ1n) is 6.45. The summed E-state index contributed by atoms with van der Waals surface area (Å²) in [5.74, 6) is 5.43. The van der Waals surface area contributed by atoms with Crippen molar-refractivity contribution in [2.45, 2.75) is 25.2 Å². The van der Waals surface area contributed by atoms with Crippen molar-refractivity contribution in [1.29, 1.82) is 0 Å². The summed E-state index contributed by atoms with van der Waals surface area (Å²) in [5, 5.41) is 10.8. The number of nitrogens with zero attached hydrogens (tertiary/aromatic N) is 2. The van der Waals surface area contributed by atoms with Crippen molar-refractivity contribution < 1.29 is 13.3 Å². The van der Waals surface area contributed by atoms with Crippen LogP contribution in [0.2, 0.25) is 0 Å². The fourth-order valence-corrected chi connectivity index (χ4v) is 3.11. The second-order valence-electron chi connectivity index (χ2n) is 4.88. The maximum Gasteiger partial charge on any atom is 0.293 e. The topological polar surface area (TPSA) is 119 Å². The van der Waals surface area contributed by atoms with Crippen LogP contribution < -0.4 is 11.3 Å². The van der Waals surface area contributed by atoms with Crippen LogP contribution in [0.15, 0.2) is 23.1 Å². The van der Waals surface area contributed by atoms with E-state index >= 15 is 0 Å². The van der Waals surface area contributed by atoms with E-state index in [2.05, 4.69) is 5.43 Å². The Balaban J connectivity index is 3.17. The number of nitro benzene ring substituents is 1. The summed E-state index contributed by atoms with van der Waals surface area (Å²) >= 11 is 0. The zero-order valence-electron chi connectivity index (χ0n) is 12.2. The second kappa shape index (κ2) is 6.83. The van der Waals surface area contributed by atoms with Gasteiger partial charge in [-0.25, -0.2) is 12.7 Å². The van der Waals surface area contributed by atoms with Gasteiger partial charge in [-0.3, -0.25) is 16.0 Å². The molecule has 118 valence electrons. The van der Waals surface area contributed by atoms with Gasteiger partial charge in [-0.05, 0) is 18.1 Å². The van der Waals surface area contributed by atoms with Gasteiger partial charge in [0.2, 0.25) is 10.0 Å². The van der Waals surface area contributed by atoms with Crippen LogP contribution in [-0.4, -0.2) is 31.2 Å². The molecule has 1 atom stereocenters. The lowest BCUT2D eigenvalue weighted by molar-refractivity contribution is -0.384. The molecule has 0 aliphatic heterocycles. The second-order valence-corrected chi connectivity index (χ2v) is 6.92. The van der Waals surface area contributed by atoms with E-state index in [1.54, 1.807) is 0 Å². The average molecular weight is 316 g/mol. The molecule has 1 aromatic rings. The number of benzene rings is 1. The number of hydrogen-bond acceptors (Lipinski definition) is 6. The molecule has 8 nitrogen and oxygen atoms in total. The van der Waals surface area contributed by atoms with E-state index in [9.17, 15) is 18.5 Å². The molecular weight excluding hydrogens is 296 g/mol. The Bertz CT molecular complexity index is 618. The number of hydrazine groups is 1. The highest BCUT2D eigenvalue weighted by molar-refractivity contribution is 7.89. The van der Waals surface area contributed by atoms with Gasteiger partial charge in [-0.1, -0.05) is 20.3 Å². The number of nitro groups is 1. The molecule has 21 heavy (non-hydrogen) atoms. The summed E-state index contributed by atoms with van der Waals surface area (Å²) in [4.78, 5) is 10.1. The van der Waals surface area contributed by atoms with Gasteiger partial charge in [0.1, 0.15) is 5.69 Å². The molecular formula is C12H20N4O4S. The van der Waals surface area contributed by atoms with E-state index in [-0.39, 0.29) is 22.2 Å². The number of rotatable bonds is 7. The molecule has 0 bridgehead atoms. The predicted octanol–water partition coefficient (Wildman–Crippen LogP) is 1.55. The first-order valence-corrected chi connectivity index (χ1v) is 7.89. The lowest BCUT2D eigenvalue weighted by Crippen LogP contribution is -2.31. The standard InChI is InChI=1S/C12H20N4O4S/c1-4-9(2)8-15(3)21(19,20)10-5-6-12(16(17)18)11(7-10)14-13/h5-7,9,14H,4,8,13H2,1-3H3. The average Bonchev–Trinajstić information content (AvgIpc) is 2.45. The zero-order valence-corrected chi connectivity index (χ0v) is 13.1. The maximum absolute atomic E-state index is 12.4. The van der Waals surface area contributed by atoms with Crippen LogP contribution >= 0.6 is 0 Å². The monoisotopic (exact) mass is 316 g/mol. The summed E-state index contributed by atoms with van der Waals surface area (Å²) in [6, 6.07) is 3.50. The molecule has 0 aromatic heterocycles. The van der Waals surface area contributed by atoms with Crippen LogP contribution in [-0.2, 0) is 10.0 Å². The Kier molecular flexibility index (Phi) is 5.64. The fourth-order valence-electron chi connectivity index (χ4n) is 1.80. The summed E-state index contributed by atoms with van der Waals surface area (Å²) in [5.41, 5.74) is 1.84. The van der Waals surface area contributed by atoms with E-state index in [0.29, 0.717) is 6.54 Å². The highest BCUT2D eigenvalue weighted by Gasteiger charge is 2.24. The first kappa shape index (κ1) is 17.3. The number of nitrogens with two attached hydrogens (primary N) is 1. The SMILES string of the molecule is CCC(C)CN(C)S(=O)(=O)c1ccc([N+](=O)[O-])c(NN)c1. The van der Waals surface area contributed by atoms with Gasteiger partial charge >= 0.3 is 0 Å². The van der Waals surface area contributed by atoms with Gasteiger partial charge in [-0.15, -0.1) is 0 Å². The Labute approximate surface area is 124 Å². The molecule has 0 amide bonds. The van der Waals surface area contributed by atoms with Crippen molar-refractivity contribution >= 4 is 21.4 Å². The summed E-state index contributed by atoms with van der Waals surface area (Å²) in [7, 11) is -2.22. The van der Waals surface area contributed by atoms with Gasteiger partial charge in [0.25, 0.3) is 5.69 Å². The van der Waals surface area contributed by atoms with E-state index in [4.69, 9.17) is 5.84 Å². The van der Waals surface area contributed by atoms with Crippen LogP contribution in [0.25, 0.3) is 0 Å². The van der Waals surface area contributed by atoms with E-state index in [1.165, 1.54) is 23.5 Å². The lowest BCUT2D eigenvalue weighted by Gasteiger charge is -2.20. The molecule has 0 aliphatic carbocycles. The van der Waals surface area contributed by atoms with Gasteiger partial charge in [-0.2, -0.15) is 0 Å². The minimum absolute atomic E-state index is 0.0353. The molecule has 1 aromatic carbocycles. The fraction of sp³-hybridized carbons (Fsp3) is 0.500. The lowest BCUT2D eigenvalue weighted by atomic mass is 10.1. The smallest absolute Gasteiger partial charge is 0.293 e. The van der Waals surface area contributed by atoms with Crippen LogP contribution in [0.1, 0.15) is 20.3 Å². The van der Waals surface area contributed by atoms with Gasteiger partial charge < -0.3 is 5.43 Å². The Morgan fingerprint density at radius 1 is 1.48 bits per heavy atom.